The number of sulfonamides is 1. The zero-order valence-corrected chi connectivity index (χ0v) is 15.1. The second kappa shape index (κ2) is 8.86. The van der Waals surface area contributed by atoms with Crippen LogP contribution in [0.15, 0.2) is 48.5 Å². The highest BCUT2D eigenvalue weighted by molar-refractivity contribution is 7.88. The van der Waals surface area contributed by atoms with E-state index in [4.69, 9.17) is 0 Å². The van der Waals surface area contributed by atoms with Gasteiger partial charge in [-0.15, -0.1) is 0 Å². The van der Waals surface area contributed by atoms with Gasteiger partial charge in [-0.1, -0.05) is 24.3 Å². The van der Waals surface area contributed by atoms with E-state index in [0.717, 1.165) is 16.1 Å². The van der Waals surface area contributed by atoms with Crippen LogP contribution in [0.25, 0.3) is 0 Å². The molecule has 0 aromatic heterocycles. The molecule has 2 aromatic carbocycles. The van der Waals surface area contributed by atoms with Crippen LogP contribution in [-0.4, -0.2) is 31.4 Å². The quantitative estimate of drug-likeness (QED) is 0.763. The minimum Gasteiger partial charge on any atom is -0.352 e. The Morgan fingerprint density at radius 1 is 0.962 bits per heavy atom. The molecular formula is C18H20F2N2O3S. The molecule has 0 aliphatic rings. The Bertz CT molecular complexity index is 838. The van der Waals surface area contributed by atoms with E-state index in [9.17, 15) is 22.0 Å². The normalized spacial score (nSPS) is 11.5. The van der Waals surface area contributed by atoms with Crippen LogP contribution in [0, 0.1) is 11.6 Å². The van der Waals surface area contributed by atoms with Gasteiger partial charge in [0.05, 0.1) is 6.26 Å². The summed E-state index contributed by atoms with van der Waals surface area (Å²) in [5.74, 6) is -1.08. The minimum atomic E-state index is -3.52. The van der Waals surface area contributed by atoms with Gasteiger partial charge in [0, 0.05) is 26.1 Å². The van der Waals surface area contributed by atoms with Crippen molar-refractivity contribution in [1.82, 2.24) is 9.62 Å². The highest BCUT2D eigenvalue weighted by Gasteiger charge is 2.18. The molecule has 2 aromatic rings. The Hall–Kier alpha value is -2.32. The average molecular weight is 382 g/mol. The molecule has 1 amide bonds. The number of halogens is 2. The zero-order valence-electron chi connectivity index (χ0n) is 14.3. The summed E-state index contributed by atoms with van der Waals surface area (Å²) < 4.78 is 50.8. The molecule has 0 bridgehead atoms. The van der Waals surface area contributed by atoms with Crippen LogP contribution in [0.1, 0.15) is 17.5 Å². The van der Waals surface area contributed by atoms with Gasteiger partial charge in [0.15, 0.2) is 0 Å². The lowest BCUT2D eigenvalue weighted by atomic mass is 10.2. The molecule has 0 fully saturated rings. The maximum Gasteiger partial charge on any atom is 0.221 e. The fourth-order valence-electron chi connectivity index (χ4n) is 2.27. The van der Waals surface area contributed by atoms with Crippen LogP contribution in [0.3, 0.4) is 0 Å². The second-order valence-electron chi connectivity index (χ2n) is 5.88. The number of benzene rings is 2. The first-order chi connectivity index (χ1) is 12.2. The summed E-state index contributed by atoms with van der Waals surface area (Å²) in [6.07, 6.45) is 1.04. The van der Waals surface area contributed by atoms with Crippen molar-refractivity contribution in [1.29, 1.82) is 0 Å². The van der Waals surface area contributed by atoms with Crippen molar-refractivity contribution in [3.8, 4) is 0 Å². The van der Waals surface area contributed by atoms with Crippen LogP contribution in [0.4, 0.5) is 8.78 Å². The minimum absolute atomic E-state index is 0.00542. The first-order valence-electron chi connectivity index (χ1n) is 7.95. The number of nitrogens with one attached hydrogen (secondary N) is 1. The van der Waals surface area contributed by atoms with Gasteiger partial charge in [-0.2, -0.15) is 4.31 Å². The summed E-state index contributed by atoms with van der Waals surface area (Å²) in [5, 5.41) is 2.66. The van der Waals surface area contributed by atoms with E-state index in [1.807, 2.05) is 0 Å². The Morgan fingerprint density at radius 2 is 1.46 bits per heavy atom. The number of hydrogen-bond acceptors (Lipinski definition) is 3. The summed E-state index contributed by atoms with van der Waals surface area (Å²) >= 11 is 0. The zero-order chi connectivity index (χ0) is 19.2. The molecule has 0 saturated heterocycles. The standard InChI is InChI=1S/C18H20F2N2O3S/c1-26(24,25)22(13-15-4-8-17(20)9-5-15)11-10-18(23)21-12-14-2-6-16(19)7-3-14/h2-9H,10-13H2,1H3,(H,21,23). The molecule has 1 N–H and O–H groups in total. The predicted octanol–water partition coefficient (Wildman–Crippen LogP) is 2.43. The van der Waals surface area contributed by atoms with E-state index in [2.05, 4.69) is 5.32 Å². The molecule has 140 valence electrons. The third-order valence-corrected chi connectivity index (χ3v) is 4.98. The summed E-state index contributed by atoms with van der Waals surface area (Å²) in [6, 6.07) is 11.2. The summed E-state index contributed by atoms with van der Waals surface area (Å²) in [4.78, 5) is 12.0. The van der Waals surface area contributed by atoms with Crippen LogP contribution >= 0.6 is 0 Å². The van der Waals surface area contributed by atoms with E-state index >= 15 is 0 Å². The van der Waals surface area contributed by atoms with Crippen LogP contribution in [0.2, 0.25) is 0 Å². The lowest BCUT2D eigenvalue weighted by Crippen LogP contribution is -2.34. The lowest BCUT2D eigenvalue weighted by molar-refractivity contribution is -0.121. The van der Waals surface area contributed by atoms with E-state index < -0.39 is 15.8 Å². The van der Waals surface area contributed by atoms with Crippen LogP contribution in [-0.2, 0) is 27.9 Å². The smallest absolute Gasteiger partial charge is 0.221 e. The van der Waals surface area contributed by atoms with Crippen molar-refractivity contribution >= 4 is 15.9 Å². The Kier molecular flexibility index (Phi) is 6.82. The molecule has 26 heavy (non-hydrogen) atoms. The fraction of sp³-hybridized carbons (Fsp3) is 0.278. The maximum absolute atomic E-state index is 13.0. The van der Waals surface area contributed by atoms with Gasteiger partial charge in [-0.25, -0.2) is 17.2 Å². The Labute approximate surface area is 151 Å². The molecule has 0 aliphatic carbocycles. The summed E-state index contributed by atoms with van der Waals surface area (Å²) in [6.45, 7) is 0.297. The van der Waals surface area contributed by atoms with E-state index in [1.165, 1.54) is 36.4 Å². The topological polar surface area (TPSA) is 66.5 Å². The van der Waals surface area contributed by atoms with Crippen molar-refractivity contribution < 1.29 is 22.0 Å². The fourth-order valence-corrected chi connectivity index (χ4v) is 3.08. The Balaban J connectivity index is 1.88. The van der Waals surface area contributed by atoms with Gasteiger partial charge in [0.1, 0.15) is 11.6 Å². The molecular weight excluding hydrogens is 362 g/mol. The third-order valence-electron chi connectivity index (χ3n) is 3.73. The molecule has 5 nitrogen and oxygen atoms in total. The monoisotopic (exact) mass is 382 g/mol. The van der Waals surface area contributed by atoms with E-state index in [0.29, 0.717) is 5.56 Å². The molecule has 0 radical (unpaired) electrons. The molecule has 0 saturated carbocycles. The summed E-state index contributed by atoms with van der Waals surface area (Å²) in [5.41, 5.74) is 1.37. The molecule has 0 aliphatic heterocycles. The first-order valence-corrected chi connectivity index (χ1v) is 9.79. The van der Waals surface area contributed by atoms with Gasteiger partial charge in [0.2, 0.25) is 15.9 Å². The second-order valence-corrected chi connectivity index (χ2v) is 7.86. The van der Waals surface area contributed by atoms with Gasteiger partial charge < -0.3 is 5.32 Å². The van der Waals surface area contributed by atoms with Crippen molar-refractivity contribution in [2.24, 2.45) is 0 Å². The summed E-state index contributed by atoms with van der Waals surface area (Å²) in [7, 11) is -3.52. The third kappa shape index (κ3) is 6.53. The van der Waals surface area contributed by atoms with Gasteiger partial charge in [-0.3, -0.25) is 4.79 Å². The largest absolute Gasteiger partial charge is 0.352 e. The van der Waals surface area contributed by atoms with Gasteiger partial charge >= 0.3 is 0 Å². The number of carbonyl (C=O) groups excluding carboxylic acids is 1. The van der Waals surface area contributed by atoms with Crippen molar-refractivity contribution in [2.75, 3.05) is 12.8 Å². The van der Waals surface area contributed by atoms with Crippen LogP contribution < -0.4 is 5.32 Å². The molecule has 0 atom stereocenters. The van der Waals surface area contributed by atoms with Crippen LogP contribution in [0.5, 0.6) is 0 Å². The molecule has 0 unspecified atom stereocenters. The highest BCUT2D eigenvalue weighted by atomic mass is 32.2. The number of amides is 1. The molecule has 8 heteroatoms. The predicted molar refractivity (Wildman–Crippen MR) is 94.5 cm³/mol. The highest BCUT2D eigenvalue weighted by Crippen LogP contribution is 2.10. The van der Waals surface area contributed by atoms with E-state index in [-0.39, 0.29) is 37.8 Å². The average Bonchev–Trinajstić information content (AvgIpc) is 2.58. The van der Waals surface area contributed by atoms with Crippen molar-refractivity contribution in [2.45, 2.75) is 19.5 Å². The van der Waals surface area contributed by atoms with E-state index in [1.54, 1.807) is 12.1 Å². The number of rotatable bonds is 8. The number of nitrogens with zero attached hydrogens (tertiary/aromatic N) is 1. The molecule has 2 rings (SSSR count). The maximum atomic E-state index is 13.0. The first kappa shape index (κ1) is 20.0. The van der Waals surface area contributed by atoms with Gasteiger partial charge in [-0.05, 0) is 35.4 Å². The van der Waals surface area contributed by atoms with Gasteiger partial charge in [0.25, 0.3) is 0 Å². The molecule has 0 heterocycles. The molecule has 0 spiro atoms. The number of carbonyl (C=O) groups is 1. The van der Waals surface area contributed by atoms with Crippen molar-refractivity contribution in [3.63, 3.8) is 0 Å². The number of hydrogen-bond donors (Lipinski definition) is 1. The Morgan fingerprint density at radius 3 is 1.96 bits per heavy atom. The lowest BCUT2D eigenvalue weighted by Gasteiger charge is -2.20. The SMILES string of the molecule is CS(=O)(=O)N(CCC(=O)NCc1ccc(F)cc1)Cc1ccc(F)cc1. The van der Waals surface area contributed by atoms with Crippen molar-refractivity contribution in [3.05, 3.63) is 71.3 Å².